The average Bonchev–Trinajstić information content (AvgIpc) is 3.00. The molecule has 0 bridgehead atoms. The summed E-state index contributed by atoms with van der Waals surface area (Å²) in [6, 6.07) is 10.2. The quantitative estimate of drug-likeness (QED) is 0.690. The Morgan fingerprint density at radius 3 is 2.58 bits per heavy atom. The third-order valence-corrected chi connectivity index (χ3v) is 5.60. The highest BCUT2D eigenvalue weighted by Crippen LogP contribution is 2.29. The lowest BCUT2D eigenvalue weighted by molar-refractivity contribution is -0.114. The van der Waals surface area contributed by atoms with Gasteiger partial charge in [-0.3, -0.25) is 4.79 Å². The van der Waals surface area contributed by atoms with Gasteiger partial charge in [-0.1, -0.05) is 17.4 Å². The van der Waals surface area contributed by atoms with Crippen molar-refractivity contribution in [1.82, 2.24) is 4.98 Å². The van der Waals surface area contributed by atoms with Crippen LogP contribution >= 0.6 is 11.3 Å². The van der Waals surface area contributed by atoms with E-state index >= 15 is 0 Å². The molecule has 0 aliphatic rings. The number of carbonyl (C=O) groups excluding carboxylic acids is 1. The molecule has 0 radical (unpaired) electrons. The summed E-state index contributed by atoms with van der Waals surface area (Å²) in [6.07, 6.45) is 0. The topological polar surface area (TPSA) is 105 Å². The highest BCUT2D eigenvalue weighted by atomic mass is 32.2. The number of aromatic nitrogens is 1. The Balaban J connectivity index is 1.68. The van der Waals surface area contributed by atoms with Gasteiger partial charge in [0.05, 0.1) is 16.1 Å². The van der Waals surface area contributed by atoms with Gasteiger partial charge in [-0.05, 0) is 36.4 Å². The molecule has 0 fully saturated rings. The number of benzene rings is 2. The molecule has 26 heavy (non-hydrogen) atoms. The number of hydrogen-bond donors (Lipinski definition) is 2. The second-order valence-corrected chi connectivity index (χ2v) is 8.13. The molecule has 1 aromatic heterocycles. The first-order valence-corrected chi connectivity index (χ1v) is 9.79. The molecule has 0 unspecified atom stereocenters. The van der Waals surface area contributed by atoms with Crippen LogP contribution in [0.4, 0.5) is 15.2 Å². The first-order chi connectivity index (χ1) is 12.2. The first kappa shape index (κ1) is 18.2. The van der Waals surface area contributed by atoms with E-state index in [1.807, 2.05) is 0 Å². The number of hydrogen-bond acceptors (Lipinski definition) is 6. The molecule has 7 nitrogen and oxygen atoms in total. The molecule has 0 atom stereocenters. The van der Waals surface area contributed by atoms with Gasteiger partial charge in [0.15, 0.2) is 5.13 Å². The number of nitrogens with zero attached hydrogens (tertiary/aromatic N) is 2. The number of para-hydroxylation sites is 1. The smallest absolute Gasteiger partial charge is 0.243 e. The number of carbonyl (C=O) groups is 1. The van der Waals surface area contributed by atoms with Gasteiger partial charge in [0.1, 0.15) is 11.3 Å². The number of anilines is 2. The number of amides is 1. The predicted molar refractivity (Wildman–Crippen MR) is 99.3 cm³/mol. The molecule has 0 saturated carbocycles. The van der Waals surface area contributed by atoms with Crippen molar-refractivity contribution in [1.29, 1.82) is 0 Å². The van der Waals surface area contributed by atoms with E-state index in [1.165, 1.54) is 41.7 Å². The van der Waals surface area contributed by atoms with Crippen LogP contribution in [0, 0.1) is 5.82 Å². The number of thiazole rings is 1. The van der Waals surface area contributed by atoms with E-state index in [0.29, 0.717) is 15.5 Å². The van der Waals surface area contributed by atoms with Gasteiger partial charge in [0.25, 0.3) is 0 Å². The Morgan fingerprint density at radius 1 is 1.27 bits per heavy atom. The van der Waals surface area contributed by atoms with Crippen LogP contribution < -0.4 is 15.4 Å². The van der Waals surface area contributed by atoms with Crippen molar-refractivity contribution in [3.05, 3.63) is 48.3 Å². The zero-order valence-corrected chi connectivity index (χ0v) is 15.3. The van der Waals surface area contributed by atoms with Crippen molar-refractivity contribution in [2.24, 2.45) is 5.14 Å². The van der Waals surface area contributed by atoms with Crippen LogP contribution in [0.3, 0.4) is 0 Å². The van der Waals surface area contributed by atoms with Crippen molar-refractivity contribution in [2.75, 3.05) is 23.8 Å². The molecule has 3 rings (SSSR count). The van der Waals surface area contributed by atoms with Crippen LogP contribution in [0.1, 0.15) is 0 Å². The lowest BCUT2D eigenvalue weighted by Gasteiger charge is -2.15. The molecule has 0 aliphatic carbocycles. The molecular formula is C16H15FN4O3S2. The zero-order valence-electron chi connectivity index (χ0n) is 13.6. The Kier molecular flexibility index (Phi) is 4.90. The maximum absolute atomic E-state index is 13.7. The Bertz CT molecular complexity index is 1060. The summed E-state index contributed by atoms with van der Waals surface area (Å²) < 4.78 is 36.9. The molecule has 1 heterocycles. The van der Waals surface area contributed by atoms with Gasteiger partial charge in [-0.25, -0.2) is 22.9 Å². The fourth-order valence-corrected chi connectivity index (χ4v) is 3.73. The minimum atomic E-state index is -3.78. The van der Waals surface area contributed by atoms with Crippen molar-refractivity contribution < 1.29 is 17.6 Å². The minimum Gasteiger partial charge on any atom is -0.342 e. The Labute approximate surface area is 153 Å². The molecule has 1 amide bonds. The van der Waals surface area contributed by atoms with Crippen molar-refractivity contribution in [3.63, 3.8) is 0 Å². The molecular weight excluding hydrogens is 379 g/mol. The summed E-state index contributed by atoms with van der Waals surface area (Å²) in [7, 11) is -2.10. The number of halogens is 1. The molecule has 136 valence electrons. The van der Waals surface area contributed by atoms with Gasteiger partial charge in [0, 0.05) is 12.7 Å². The number of primary sulfonamides is 1. The van der Waals surface area contributed by atoms with E-state index in [9.17, 15) is 17.6 Å². The molecule has 3 aromatic rings. The Hall–Kier alpha value is -2.56. The van der Waals surface area contributed by atoms with E-state index in [0.717, 1.165) is 0 Å². The number of nitrogens with two attached hydrogens (primary N) is 1. The fourth-order valence-electron chi connectivity index (χ4n) is 2.28. The van der Waals surface area contributed by atoms with Crippen LogP contribution in [0.2, 0.25) is 0 Å². The van der Waals surface area contributed by atoms with Crippen LogP contribution in [-0.4, -0.2) is 32.9 Å². The summed E-state index contributed by atoms with van der Waals surface area (Å²) in [6.45, 7) is -0.00161. The van der Waals surface area contributed by atoms with Gasteiger partial charge >= 0.3 is 0 Å². The largest absolute Gasteiger partial charge is 0.342 e. The predicted octanol–water partition coefficient (Wildman–Crippen LogP) is 2.16. The normalized spacial score (nSPS) is 11.5. The molecule has 2 aromatic carbocycles. The third kappa shape index (κ3) is 3.98. The van der Waals surface area contributed by atoms with Gasteiger partial charge in [-0.2, -0.15) is 0 Å². The van der Waals surface area contributed by atoms with Gasteiger partial charge in [-0.15, -0.1) is 0 Å². The van der Waals surface area contributed by atoms with Crippen LogP contribution in [0.25, 0.3) is 10.2 Å². The molecule has 0 saturated heterocycles. The second-order valence-electron chi connectivity index (χ2n) is 5.56. The van der Waals surface area contributed by atoms with Crippen LogP contribution in [0.15, 0.2) is 47.4 Å². The van der Waals surface area contributed by atoms with Gasteiger partial charge in [0.2, 0.25) is 15.9 Å². The maximum atomic E-state index is 13.7. The van der Waals surface area contributed by atoms with Crippen molar-refractivity contribution >= 4 is 48.3 Å². The second kappa shape index (κ2) is 6.98. The summed E-state index contributed by atoms with van der Waals surface area (Å²) >= 11 is 1.29. The third-order valence-electron chi connectivity index (χ3n) is 3.53. The van der Waals surface area contributed by atoms with Crippen molar-refractivity contribution in [2.45, 2.75) is 4.90 Å². The summed E-state index contributed by atoms with van der Waals surface area (Å²) in [5.41, 5.74) is 0.712. The van der Waals surface area contributed by atoms with E-state index in [1.54, 1.807) is 24.1 Å². The van der Waals surface area contributed by atoms with Crippen molar-refractivity contribution in [3.8, 4) is 0 Å². The summed E-state index contributed by atoms with van der Waals surface area (Å²) in [4.78, 5) is 18.0. The molecule has 3 N–H and O–H groups in total. The number of likely N-dealkylation sites (N-methyl/N-ethyl adjacent to an activating group) is 1. The zero-order chi connectivity index (χ0) is 18.9. The van der Waals surface area contributed by atoms with E-state index < -0.39 is 15.8 Å². The summed E-state index contributed by atoms with van der Waals surface area (Å²) in [5.74, 6) is -0.728. The lowest BCUT2D eigenvalue weighted by Crippen LogP contribution is -2.29. The van der Waals surface area contributed by atoms with E-state index in [-0.39, 0.29) is 22.9 Å². The number of rotatable bonds is 5. The lowest BCUT2D eigenvalue weighted by atomic mass is 10.3. The SMILES string of the molecule is CN(CC(=O)Nc1ccc(S(N)(=O)=O)cc1)c1nc2c(F)cccc2s1. The molecule has 0 spiro atoms. The minimum absolute atomic E-state index is 0.00161. The van der Waals surface area contributed by atoms with E-state index in [4.69, 9.17) is 5.14 Å². The molecule has 10 heteroatoms. The highest BCUT2D eigenvalue weighted by Gasteiger charge is 2.14. The summed E-state index contributed by atoms with van der Waals surface area (Å²) in [5, 5.41) is 8.20. The number of sulfonamides is 1. The maximum Gasteiger partial charge on any atom is 0.243 e. The first-order valence-electron chi connectivity index (χ1n) is 7.43. The standard InChI is InChI=1S/C16H15FN4O3S2/c1-21(16-20-15-12(17)3-2-4-13(15)25-16)9-14(22)19-10-5-7-11(8-6-10)26(18,23)24/h2-8H,9H2,1H3,(H,19,22)(H2,18,23,24). The van der Waals surface area contributed by atoms with Crippen LogP contribution in [-0.2, 0) is 14.8 Å². The van der Waals surface area contributed by atoms with Crippen LogP contribution in [0.5, 0.6) is 0 Å². The highest BCUT2D eigenvalue weighted by molar-refractivity contribution is 7.89. The van der Waals surface area contributed by atoms with E-state index in [2.05, 4.69) is 10.3 Å². The molecule has 0 aliphatic heterocycles. The number of nitrogens with one attached hydrogen (secondary N) is 1. The average molecular weight is 394 g/mol. The number of fused-ring (bicyclic) bond motifs is 1. The Morgan fingerprint density at radius 2 is 1.96 bits per heavy atom. The monoisotopic (exact) mass is 394 g/mol. The fraction of sp³-hybridized carbons (Fsp3) is 0.125. The van der Waals surface area contributed by atoms with Gasteiger partial charge < -0.3 is 10.2 Å².